The first-order chi connectivity index (χ1) is 12.4. The summed E-state index contributed by atoms with van der Waals surface area (Å²) in [5, 5.41) is 10.7. The number of rotatable bonds is 3. The van der Waals surface area contributed by atoms with Gasteiger partial charge < -0.3 is 14.5 Å². The van der Waals surface area contributed by atoms with Gasteiger partial charge in [0.05, 0.1) is 23.0 Å². The van der Waals surface area contributed by atoms with Crippen molar-refractivity contribution in [3.63, 3.8) is 0 Å². The Morgan fingerprint density at radius 1 is 0.962 bits per heavy atom. The molecule has 11 heteroatoms. The first-order valence-electron chi connectivity index (χ1n) is 8.26. The maximum atomic E-state index is 12.7. The molecule has 1 aromatic rings. The fourth-order valence-corrected chi connectivity index (χ4v) is 4.39. The minimum absolute atomic E-state index is 0.0102. The normalized spacial score (nSPS) is 19.4. The molecule has 0 spiro atoms. The highest BCUT2D eigenvalue weighted by molar-refractivity contribution is 7.89. The van der Waals surface area contributed by atoms with Gasteiger partial charge in [0.25, 0.3) is 5.69 Å². The predicted octanol–water partition coefficient (Wildman–Crippen LogP) is 0.353. The Bertz CT molecular complexity index is 768. The zero-order chi connectivity index (χ0) is 18.7. The molecule has 0 bridgehead atoms. The molecule has 1 aromatic carbocycles. The Labute approximate surface area is 151 Å². The summed E-state index contributed by atoms with van der Waals surface area (Å²) in [5.41, 5.74) is -0.162. The summed E-state index contributed by atoms with van der Waals surface area (Å²) < 4.78 is 31.9. The Morgan fingerprint density at radius 2 is 1.50 bits per heavy atom. The van der Waals surface area contributed by atoms with Crippen LogP contribution in [-0.4, -0.2) is 86.0 Å². The van der Waals surface area contributed by atoms with E-state index in [-0.39, 0.29) is 29.7 Å². The lowest BCUT2D eigenvalue weighted by atomic mass is 10.3. The van der Waals surface area contributed by atoms with Gasteiger partial charge in [-0.25, -0.2) is 13.2 Å². The molecule has 0 saturated carbocycles. The highest BCUT2D eigenvalue weighted by Crippen LogP contribution is 2.21. The number of sulfonamides is 1. The van der Waals surface area contributed by atoms with Crippen molar-refractivity contribution in [1.29, 1.82) is 0 Å². The topological polar surface area (TPSA) is 113 Å². The number of ether oxygens (including phenoxy) is 1. The molecule has 2 aliphatic heterocycles. The third kappa shape index (κ3) is 3.79. The summed E-state index contributed by atoms with van der Waals surface area (Å²) in [5.74, 6) is 0. The Kier molecular flexibility index (Phi) is 5.39. The van der Waals surface area contributed by atoms with Crippen LogP contribution in [0, 0.1) is 10.1 Å². The summed E-state index contributed by atoms with van der Waals surface area (Å²) in [4.78, 5) is 25.9. The molecule has 0 atom stereocenters. The van der Waals surface area contributed by atoms with E-state index >= 15 is 0 Å². The molecule has 2 heterocycles. The van der Waals surface area contributed by atoms with Gasteiger partial charge in [-0.3, -0.25) is 10.1 Å². The quantitative estimate of drug-likeness (QED) is 0.549. The van der Waals surface area contributed by atoms with Gasteiger partial charge in [0.15, 0.2) is 0 Å². The molecule has 0 radical (unpaired) electrons. The van der Waals surface area contributed by atoms with Crippen molar-refractivity contribution in [2.75, 3.05) is 52.5 Å². The van der Waals surface area contributed by atoms with E-state index in [0.717, 1.165) is 0 Å². The van der Waals surface area contributed by atoms with Crippen LogP contribution in [0.25, 0.3) is 0 Å². The lowest BCUT2D eigenvalue weighted by Gasteiger charge is -2.38. The number of morpholine rings is 1. The minimum Gasteiger partial charge on any atom is -0.378 e. The number of carbonyl (C=O) groups is 1. The number of nitro benzene ring substituents is 1. The molecule has 0 aromatic heterocycles. The van der Waals surface area contributed by atoms with E-state index in [1.54, 1.807) is 9.80 Å². The number of benzene rings is 1. The standard InChI is InChI=1S/C15H20N4O6S/c20-15(17-9-11-25-12-10-17)16-5-7-18(8-6-16)26(23,24)14-3-1-13(2-4-14)19(21)22/h1-4H,5-12H2. The fourth-order valence-electron chi connectivity index (χ4n) is 2.96. The molecule has 142 valence electrons. The molecule has 2 saturated heterocycles. The minimum atomic E-state index is -3.74. The van der Waals surface area contributed by atoms with Gasteiger partial charge in [-0.1, -0.05) is 0 Å². The molecule has 10 nitrogen and oxygen atoms in total. The Hall–Kier alpha value is -2.24. The van der Waals surface area contributed by atoms with Gasteiger partial charge in [0, 0.05) is 51.4 Å². The van der Waals surface area contributed by atoms with Crippen molar-refractivity contribution in [1.82, 2.24) is 14.1 Å². The van der Waals surface area contributed by atoms with Crippen LogP contribution < -0.4 is 0 Å². The van der Waals surface area contributed by atoms with Crippen molar-refractivity contribution < 1.29 is 22.9 Å². The second-order valence-electron chi connectivity index (χ2n) is 6.02. The van der Waals surface area contributed by atoms with E-state index < -0.39 is 14.9 Å². The molecule has 3 rings (SSSR count). The van der Waals surface area contributed by atoms with Crippen LogP contribution in [0.4, 0.5) is 10.5 Å². The van der Waals surface area contributed by atoms with Crippen LogP contribution in [0.1, 0.15) is 0 Å². The number of carbonyl (C=O) groups excluding carboxylic acids is 1. The van der Waals surface area contributed by atoms with Crippen molar-refractivity contribution in [2.45, 2.75) is 4.90 Å². The number of amides is 2. The van der Waals surface area contributed by atoms with E-state index in [0.29, 0.717) is 39.4 Å². The molecule has 2 aliphatic rings. The van der Waals surface area contributed by atoms with Crippen molar-refractivity contribution in [3.05, 3.63) is 34.4 Å². The van der Waals surface area contributed by atoms with Crippen LogP contribution in [0.15, 0.2) is 29.2 Å². The first kappa shape index (κ1) is 18.5. The van der Waals surface area contributed by atoms with Crippen LogP contribution in [-0.2, 0) is 14.8 Å². The number of piperazine rings is 1. The number of urea groups is 1. The largest absolute Gasteiger partial charge is 0.378 e. The zero-order valence-corrected chi connectivity index (χ0v) is 14.9. The molecular formula is C15H20N4O6S. The van der Waals surface area contributed by atoms with Crippen molar-refractivity contribution >= 4 is 21.7 Å². The number of hydrogen-bond donors (Lipinski definition) is 0. The van der Waals surface area contributed by atoms with Crippen molar-refractivity contribution in [2.24, 2.45) is 0 Å². The lowest BCUT2D eigenvalue weighted by molar-refractivity contribution is -0.384. The van der Waals surface area contributed by atoms with E-state index in [1.165, 1.54) is 28.6 Å². The summed E-state index contributed by atoms with van der Waals surface area (Å²) in [7, 11) is -3.74. The second-order valence-corrected chi connectivity index (χ2v) is 7.96. The number of nitro groups is 1. The summed E-state index contributed by atoms with van der Waals surface area (Å²) >= 11 is 0. The van der Waals surface area contributed by atoms with Crippen LogP contribution >= 0.6 is 0 Å². The maximum absolute atomic E-state index is 12.7. The molecular weight excluding hydrogens is 364 g/mol. The number of nitrogens with zero attached hydrogens (tertiary/aromatic N) is 4. The smallest absolute Gasteiger partial charge is 0.320 e. The first-order valence-corrected chi connectivity index (χ1v) is 9.70. The lowest BCUT2D eigenvalue weighted by Crippen LogP contribution is -2.55. The van der Waals surface area contributed by atoms with Gasteiger partial charge in [0.2, 0.25) is 10.0 Å². The van der Waals surface area contributed by atoms with E-state index in [9.17, 15) is 23.3 Å². The predicted molar refractivity (Wildman–Crippen MR) is 91.2 cm³/mol. The van der Waals surface area contributed by atoms with E-state index in [4.69, 9.17) is 4.74 Å². The molecule has 2 amide bonds. The van der Waals surface area contributed by atoms with Gasteiger partial charge in [-0.2, -0.15) is 4.31 Å². The van der Waals surface area contributed by atoms with Crippen LogP contribution in [0.3, 0.4) is 0 Å². The maximum Gasteiger partial charge on any atom is 0.320 e. The number of non-ortho nitro benzene ring substituents is 1. The molecule has 26 heavy (non-hydrogen) atoms. The summed E-state index contributed by atoms with van der Waals surface area (Å²) in [6.07, 6.45) is 0. The SMILES string of the molecule is O=C(N1CCOCC1)N1CCN(S(=O)(=O)c2ccc([N+](=O)[O-])cc2)CC1. The fraction of sp³-hybridized carbons (Fsp3) is 0.533. The summed E-state index contributed by atoms with van der Waals surface area (Å²) in [6, 6.07) is 4.72. The molecule has 0 aliphatic carbocycles. The van der Waals surface area contributed by atoms with Gasteiger partial charge >= 0.3 is 6.03 Å². The highest BCUT2D eigenvalue weighted by atomic mass is 32.2. The average Bonchev–Trinajstić information content (AvgIpc) is 2.68. The van der Waals surface area contributed by atoms with E-state index in [2.05, 4.69) is 0 Å². The van der Waals surface area contributed by atoms with E-state index in [1.807, 2.05) is 0 Å². The Morgan fingerprint density at radius 3 is 2.04 bits per heavy atom. The van der Waals surface area contributed by atoms with Crippen molar-refractivity contribution in [3.8, 4) is 0 Å². The monoisotopic (exact) mass is 384 g/mol. The number of hydrogen-bond acceptors (Lipinski definition) is 6. The Balaban J connectivity index is 1.63. The highest BCUT2D eigenvalue weighted by Gasteiger charge is 2.32. The summed E-state index contributed by atoms with van der Waals surface area (Å²) in [6.45, 7) is 3.11. The third-order valence-electron chi connectivity index (χ3n) is 4.48. The van der Waals surface area contributed by atoms with Crippen LogP contribution in [0.5, 0.6) is 0 Å². The van der Waals surface area contributed by atoms with Gasteiger partial charge in [-0.05, 0) is 12.1 Å². The third-order valence-corrected chi connectivity index (χ3v) is 6.39. The van der Waals surface area contributed by atoms with Gasteiger partial charge in [-0.15, -0.1) is 0 Å². The van der Waals surface area contributed by atoms with Gasteiger partial charge in [0.1, 0.15) is 0 Å². The van der Waals surface area contributed by atoms with Crippen LogP contribution in [0.2, 0.25) is 0 Å². The second kappa shape index (κ2) is 7.56. The average molecular weight is 384 g/mol. The zero-order valence-electron chi connectivity index (χ0n) is 14.1. The molecule has 0 N–H and O–H groups in total. The molecule has 2 fully saturated rings. The molecule has 0 unspecified atom stereocenters.